The van der Waals surface area contributed by atoms with Gasteiger partial charge in [-0.25, -0.2) is 0 Å². The van der Waals surface area contributed by atoms with Crippen LogP contribution in [0.3, 0.4) is 0 Å². The van der Waals surface area contributed by atoms with Crippen LogP contribution in [0.15, 0.2) is 30.3 Å². The highest BCUT2D eigenvalue weighted by Gasteiger charge is 2.57. The second-order valence-corrected chi connectivity index (χ2v) is 7.38. The van der Waals surface area contributed by atoms with Crippen molar-refractivity contribution in [2.75, 3.05) is 19.6 Å². The van der Waals surface area contributed by atoms with Gasteiger partial charge in [0.05, 0.1) is 0 Å². The third kappa shape index (κ3) is 4.07. The Morgan fingerprint density at radius 2 is 1.91 bits per heavy atom. The maximum absolute atomic E-state index is 12.5. The van der Waals surface area contributed by atoms with E-state index >= 15 is 0 Å². The van der Waals surface area contributed by atoms with Crippen molar-refractivity contribution in [3.63, 3.8) is 0 Å². The van der Waals surface area contributed by atoms with E-state index in [0.29, 0.717) is 17.3 Å². The van der Waals surface area contributed by atoms with Crippen LogP contribution in [0.2, 0.25) is 0 Å². The van der Waals surface area contributed by atoms with Crippen molar-refractivity contribution in [3.05, 3.63) is 35.9 Å². The van der Waals surface area contributed by atoms with Crippen molar-refractivity contribution in [1.29, 1.82) is 0 Å². The van der Waals surface area contributed by atoms with Crippen LogP contribution in [-0.2, 0) is 4.79 Å². The lowest BCUT2D eigenvalue weighted by atomic mass is 9.88. The molecular weight excluding hydrogens is 308 g/mol. The molecule has 0 bridgehead atoms. The molecule has 1 saturated heterocycles. The predicted molar refractivity (Wildman–Crippen MR) is 96.9 cm³/mol. The number of amides is 1. The Balaban J connectivity index is 0.00000192. The molecule has 1 aliphatic heterocycles. The summed E-state index contributed by atoms with van der Waals surface area (Å²) in [5, 5.41) is 6.63. The van der Waals surface area contributed by atoms with Crippen LogP contribution in [0.5, 0.6) is 0 Å². The number of piperidine rings is 1. The van der Waals surface area contributed by atoms with Crippen LogP contribution in [-0.4, -0.2) is 25.5 Å². The predicted octanol–water partition coefficient (Wildman–Crippen LogP) is 3.35. The Kier molecular flexibility index (Phi) is 6.10. The first kappa shape index (κ1) is 18.3. The van der Waals surface area contributed by atoms with Gasteiger partial charge in [0.15, 0.2) is 0 Å². The molecular formula is C19H29ClN2O. The maximum atomic E-state index is 12.5. The lowest BCUT2D eigenvalue weighted by Gasteiger charge is -2.24. The molecule has 1 amide bonds. The summed E-state index contributed by atoms with van der Waals surface area (Å²) >= 11 is 0. The van der Waals surface area contributed by atoms with Gasteiger partial charge in [-0.3, -0.25) is 4.79 Å². The van der Waals surface area contributed by atoms with Crippen molar-refractivity contribution in [1.82, 2.24) is 10.6 Å². The SMILES string of the molecule is CC(C)C(CNC(=O)C1CC12CCNCC2)c1ccccc1.Cl. The molecule has 23 heavy (non-hydrogen) atoms. The minimum absolute atomic E-state index is 0. The van der Waals surface area contributed by atoms with Gasteiger partial charge in [0.1, 0.15) is 0 Å². The summed E-state index contributed by atoms with van der Waals surface area (Å²) in [6.45, 7) is 7.36. The minimum Gasteiger partial charge on any atom is -0.355 e. The van der Waals surface area contributed by atoms with E-state index in [4.69, 9.17) is 0 Å². The summed E-state index contributed by atoms with van der Waals surface area (Å²) in [5.74, 6) is 1.46. The lowest BCUT2D eigenvalue weighted by molar-refractivity contribution is -0.123. The minimum atomic E-state index is 0. The molecule has 3 rings (SSSR count). The molecule has 1 heterocycles. The fraction of sp³-hybridized carbons (Fsp3) is 0.632. The first-order chi connectivity index (χ1) is 10.6. The highest BCUT2D eigenvalue weighted by atomic mass is 35.5. The van der Waals surface area contributed by atoms with E-state index < -0.39 is 0 Å². The number of carbonyl (C=O) groups excluding carboxylic acids is 1. The molecule has 1 aromatic rings. The first-order valence-electron chi connectivity index (χ1n) is 8.66. The van der Waals surface area contributed by atoms with Gasteiger partial charge in [-0.2, -0.15) is 0 Å². The molecule has 2 atom stereocenters. The first-order valence-corrected chi connectivity index (χ1v) is 8.66. The summed E-state index contributed by atoms with van der Waals surface area (Å²) in [7, 11) is 0. The van der Waals surface area contributed by atoms with Gasteiger partial charge in [0, 0.05) is 18.4 Å². The molecule has 1 spiro atoms. The molecule has 2 unspecified atom stereocenters. The zero-order valence-corrected chi connectivity index (χ0v) is 15.0. The smallest absolute Gasteiger partial charge is 0.223 e. The van der Waals surface area contributed by atoms with Gasteiger partial charge < -0.3 is 10.6 Å². The van der Waals surface area contributed by atoms with Crippen LogP contribution in [0, 0.1) is 17.3 Å². The van der Waals surface area contributed by atoms with E-state index in [1.54, 1.807) is 0 Å². The molecule has 0 aromatic heterocycles. The Morgan fingerprint density at radius 1 is 1.26 bits per heavy atom. The number of halogens is 1. The quantitative estimate of drug-likeness (QED) is 0.865. The summed E-state index contributed by atoms with van der Waals surface area (Å²) in [5.41, 5.74) is 1.65. The number of hydrogen-bond donors (Lipinski definition) is 2. The number of rotatable bonds is 5. The summed E-state index contributed by atoms with van der Waals surface area (Å²) in [6, 6.07) is 10.5. The van der Waals surface area contributed by atoms with E-state index in [2.05, 4.69) is 48.7 Å². The number of carbonyl (C=O) groups is 1. The molecule has 4 heteroatoms. The van der Waals surface area contributed by atoms with Crippen molar-refractivity contribution in [2.45, 2.75) is 39.0 Å². The Bertz CT molecular complexity index is 511. The van der Waals surface area contributed by atoms with Gasteiger partial charge in [0.2, 0.25) is 5.91 Å². The molecule has 3 nitrogen and oxygen atoms in total. The number of benzene rings is 1. The fourth-order valence-corrected chi connectivity index (χ4v) is 3.97. The summed E-state index contributed by atoms with van der Waals surface area (Å²) in [4.78, 5) is 12.5. The van der Waals surface area contributed by atoms with Crippen molar-refractivity contribution in [2.24, 2.45) is 17.3 Å². The lowest BCUT2D eigenvalue weighted by Crippen LogP contribution is -2.35. The Hall–Kier alpha value is -1.06. The van der Waals surface area contributed by atoms with Crippen molar-refractivity contribution < 1.29 is 4.79 Å². The second kappa shape index (κ2) is 7.67. The topological polar surface area (TPSA) is 41.1 Å². The molecule has 2 fully saturated rings. The molecule has 1 aliphatic carbocycles. The fourth-order valence-electron chi connectivity index (χ4n) is 3.97. The third-order valence-electron chi connectivity index (χ3n) is 5.63. The number of hydrogen-bond acceptors (Lipinski definition) is 2. The molecule has 2 aliphatic rings. The van der Waals surface area contributed by atoms with Crippen molar-refractivity contribution in [3.8, 4) is 0 Å². The van der Waals surface area contributed by atoms with E-state index in [1.165, 1.54) is 5.56 Å². The largest absolute Gasteiger partial charge is 0.355 e. The van der Waals surface area contributed by atoms with Crippen LogP contribution in [0.4, 0.5) is 0 Å². The van der Waals surface area contributed by atoms with E-state index in [1.807, 2.05) is 6.07 Å². The third-order valence-corrected chi connectivity index (χ3v) is 5.63. The highest BCUT2D eigenvalue weighted by molar-refractivity contribution is 5.85. The van der Waals surface area contributed by atoms with Gasteiger partial charge in [-0.15, -0.1) is 12.4 Å². The van der Waals surface area contributed by atoms with Gasteiger partial charge in [0.25, 0.3) is 0 Å². The molecule has 1 aromatic carbocycles. The molecule has 128 valence electrons. The van der Waals surface area contributed by atoms with E-state index in [9.17, 15) is 4.79 Å². The summed E-state index contributed by atoms with van der Waals surface area (Å²) in [6.07, 6.45) is 3.42. The monoisotopic (exact) mass is 336 g/mol. The second-order valence-electron chi connectivity index (χ2n) is 7.38. The average molecular weight is 337 g/mol. The van der Waals surface area contributed by atoms with Crippen LogP contribution in [0.1, 0.15) is 44.6 Å². The standard InChI is InChI=1S/C19H28N2O.ClH/c1-14(2)16(15-6-4-3-5-7-15)13-21-18(22)17-12-19(17)8-10-20-11-9-19;/h3-7,14,16-17,20H,8-13H2,1-2H3,(H,21,22);1H. The van der Waals surface area contributed by atoms with Crippen molar-refractivity contribution >= 4 is 18.3 Å². The van der Waals surface area contributed by atoms with E-state index in [0.717, 1.165) is 38.9 Å². The molecule has 0 radical (unpaired) electrons. The molecule has 1 saturated carbocycles. The van der Waals surface area contributed by atoms with Gasteiger partial charge in [-0.05, 0) is 49.2 Å². The zero-order valence-electron chi connectivity index (χ0n) is 14.2. The summed E-state index contributed by atoms with van der Waals surface area (Å²) < 4.78 is 0. The number of nitrogens with one attached hydrogen (secondary N) is 2. The van der Waals surface area contributed by atoms with Crippen LogP contribution >= 0.6 is 12.4 Å². The normalized spacial score (nSPS) is 23.2. The Morgan fingerprint density at radius 3 is 2.52 bits per heavy atom. The van der Waals surface area contributed by atoms with Crippen LogP contribution < -0.4 is 10.6 Å². The zero-order chi connectivity index (χ0) is 15.6. The average Bonchev–Trinajstić information content (AvgIpc) is 3.22. The Labute approximate surface area is 146 Å². The van der Waals surface area contributed by atoms with Gasteiger partial charge in [-0.1, -0.05) is 44.2 Å². The molecule has 2 N–H and O–H groups in total. The highest BCUT2D eigenvalue weighted by Crippen LogP contribution is 2.58. The maximum Gasteiger partial charge on any atom is 0.223 e. The van der Waals surface area contributed by atoms with E-state index in [-0.39, 0.29) is 24.2 Å². The van der Waals surface area contributed by atoms with Gasteiger partial charge >= 0.3 is 0 Å². The van der Waals surface area contributed by atoms with Crippen LogP contribution in [0.25, 0.3) is 0 Å².